The van der Waals surface area contributed by atoms with Crippen molar-refractivity contribution in [2.75, 3.05) is 7.11 Å². The molecule has 4 nitrogen and oxygen atoms in total. The predicted octanol–water partition coefficient (Wildman–Crippen LogP) is 2.70. The van der Waals surface area contributed by atoms with Gasteiger partial charge in [0.25, 0.3) is 0 Å². The molecule has 0 fully saturated rings. The van der Waals surface area contributed by atoms with Gasteiger partial charge in [0.05, 0.1) is 12.6 Å². The van der Waals surface area contributed by atoms with Crippen LogP contribution in [0.25, 0.3) is 10.9 Å². The lowest BCUT2D eigenvalue weighted by atomic mass is 10.2. The Hall–Kier alpha value is -1.62. The summed E-state index contributed by atoms with van der Waals surface area (Å²) in [7, 11) is 1.55. The Kier molecular flexibility index (Phi) is 2.78. The van der Waals surface area contributed by atoms with Crippen LogP contribution in [0.5, 0.6) is 5.75 Å². The summed E-state index contributed by atoms with van der Waals surface area (Å²) in [5, 5.41) is 9.73. The van der Waals surface area contributed by atoms with Crippen LogP contribution in [0.4, 0.5) is 0 Å². The lowest BCUT2D eigenvalue weighted by Gasteiger charge is -2.04. The van der Waals surface area contributed by atoms with Gasteiger partial charge in [0, 0.05) is 15.9 Å². The number of carboxylic acid groups (broad SMARTS) is 1. The average Bonchev–Trinajstić information content (AvgIpc) is 2.28. The van der Waals surface area contributed by atoms with E-state index in [2.05, 4.69) is 20.9 Å². The highest BCUT2D eigenvalue weighted by Gasteiger charge is 2.09. The van der Waals surface area contributed by atoms with Crippen molar-refractivity contribution in [2.45, 2.75) is 0 Å². The van der Waals surface area contributed by atoms with Gasteiger partial charge < -0.3 is 9.84 Å². The zero-order valence-electron chi connectivity index (χ0n) is 8.40. The van der Waals surface area contributed by atoms with Gasteiger partial charge in [-0.3, -0.25) is 0 Å². The number of fused-ring (bicyclic) bond motifs is 1. The summed E-state index contributed by atoms with van der Waals surface area (Å²) in [6.07, 6.45) is 0. The number of hydrogen-bond donors (Lipinski definition) is 1. The molecule has 1 aromatic carbocycles. The molecule has 0 atom stereocenters. The van der Waals surface area contributed by atoms with Crippen LogP contribution in [0.1, 0.15) is 10.5 Å². The maximum Gasteiger partial charge on any atom is 0.354 e. The smallest absolute Gasteiger partial charge is 0.354 e. The fourth-order valence-corrected chi connectivity index (χ4v) is 1.95. The number of ether oxygens (including phenoxy) is 1. The second-order valence-electron chi connectivity index (χ2n) is 3.18. The van der Waals surface area contributed by atoms with Gasteiger partial charge in [-0.1, -0.05) is 15.9 Å². The van der Waals surface area contributed by atoms with E-state index in [4.69, 9.17) is 9.84 Å². The Morgan fingerprint density at radius 3 is 2.81 bits per heavy atom. The van der Waals surface area contributed by atoms with Crippen molar-refractivity contribution in [1.29, 1.82) is 0 Å². The monoisotopic (exact) mass is 281 g/mol. The summed E-state index contributed by atoms with van der Waals surface area (Å²) >= 11 is 3.32. The Bertz CT molecular complexity index is 568. The third kappa shape index (κ3) is 1.86. The third-order valence-corrected chi connectivity index (χ3v) is 2.84. The molecule has 0 aliphatic rings. The fourth-order valence-electron chi connectivity index (χ4n) is 1.40. The molecule has 1 heterocycles. The fraction of sp³-hybridized carbons (Fsp3) is 0.0909. The maximum atomic E-state index is 10.8. The van der Waals surface area contributed by atoms with Crippen molar-refractivity contribution in [2.24, 2.45) is 0 Å². The van der Waals surface area contributed by atoms with Gasteiger partial charge in [0.1, 0.15) is 11.4 Å². The van der Waals surface area contributed by atoms with Crippen molar-refractivity contribution >= 4 is 32.8 Å². The van der Waals surface area contributed by atoms with Gasteiger partial charge in [0.15, 0.2) is 0 Å². The minimum absolute atomic E-state index is 0.00706. The number of benzene rings is 1. The van der Waals surface area contributed by atoms with Crippen LogP contribution in [0.15, 0.2) is 28.7 Å². The molecule has 16 heavy (non-hydrogen) atoms. The van der Waals surface area contributed by atoms with Gasteiger partial charge in [-0.25, -0.2) is 9.78 Å². The van der Waals surface area contributed by atoms with E-state index in [1.807, 2.05) is 6.07 Å². The summed E-state index contributed by atoms with van der Waals surface area (Å²) < 4.78 is 5.77. The van der Waals surface area contributed by atoms with Crippen molar-refractivity contribution < 1.29 is 14.6 Å². The lowest BCUT2D eigenvalue weighted by molar-refractivity contribution is 0.0691. The van der Waals surface area contributed by atoms with Crippen LogP contribution in [-0.4, -0.2) is 23.2 Å². The van der Waals surface area contributed by atoms with Crippen LogP contribution in [-0.2, 0) is 0 Å². The Balaban J connectivity index is 2.72. The van der Waals surface area contributed by atoms with Gasteiger partial charge in [-0.2, -0.15) is 0 Å². The predicted molar refractivity (Wildman–Crippen MR) is 63.0 cm³/mol. The number of carboxylic acids is 1. The quantitative estimate of drug-likeness (QED) is 0.920. The lowest BCUT2D eigenvalue weighted by Crippen LogP contribution is -2.00. The standard InChI is InChI=1S/C11H8BrNO3/c1-16-6-2-3-7-8(12)5-10(11(14)15)13-9(7)4-6/h2-5H,1H3,(H,14,15). The molecule has 0 aliphatic heterocycles. The zero-order valence-corrected chi connectivity index (χ0v) is 9.98. The average molecular weight is 282 g/mol. The van der Waals surface area contributed by atoms with E-state index >= 15 is 0 Å². The molecule has 0 bridgehead atoms. The molecule has 0 saturated heterocycles. The molecular weight excluding hydrogens is 274 g/mol. The minimum Gasteiger partial charge on any atom is -0.497 e. The Morgan fingerprint density at radius 1 is 1.44 bits per heavy atom. The van der Waals surface area contributed by atoms with E-state index in [9.17, 15) is 4.79 Å². The summed E-state index contributed by atoms with van der Waals surface area (Å²) in [4.78, 5) is 14.9. The number of halogens is 1. The van der Waals surface area contributed by atoms with E-state index < -0.39 is 5.97 Å². The zero-order chi connectivity index (χ0) is 11.7. The summed E-state index contributed by atoms with van der Waals surface area (Å²) in [6, 6.07) is 6.82. The SMILES string of the molecule is COc1ccc2c(Br)cc(C(=O)O)nc2c1. The molecule has 0 aliphatic carbocycles. The molecule has 0 spiro atoms. The normalized spacial score (nSPS) is 10.4. The van der Waals surface area contributed by atoms with Gasteiger partial charge in [-0.05, 0) is 18.2 Å². The first-order chi connectivity index (χ1) is 7.61. The van der Waals surface area contributed by atoms with Crippen molar-refractivity contribution in [3.8, 4) is 5.75 Å². The van der Waals surface area contributed by atoms with Crippen LogP contribution in [0.3, 0.4) is 0 Å². The first-order valence-electron chi connectivity index (χ1n) is 4.49. The van der Waals surface area contributed by atoms with Gasteiger partial charge in [-0.15, -0.1) is 0 Å². The summed E-state index contributed by atoms with van der Waals surface area (Å²) in [5.41, 5.74) is 0.596. The van der Waals surface area contributed by atoms with Crippen molar-refractivity contribution in [3.63, 3.8) is 0 Å². The van der Waals surface area contributed by atoms with Crippen molar-refractivity contribution in [1.82, 2.24) is 4.98 Å². The van der Waals surface area contributed by atoms with Crippen LogP contribution >= 0.6 is 15.9 Å². The minimum atomic E-state index is -1.05. The Labute approximate surface area is 100.0 Å². The number of aromatic carboxylic acids is 1. The van der Waals surface area contributed by atoms with Crippen molar-refractivity contribution in [3.05, 3.63) is 34.4 Å². The number of aromatic nitrogens is 1. The second kappa shape index (κ2) is 4.09. The highest BCUT2D eigenvalue weighted by atomic mass is 79.9. The largest absolute Gasteiger partial charge is 0.497 e. The molecule has 0 saturated carbocycles. The van der Waals surface area contributed by atoms with Crippen LogP contribution < -0.4 is 4.74 Å². The Morgan fingerprint density at radius 2 is 2.19 bits per heavy atom. The second-order valence-corrected chi connectivity index (χ2v) is 4.03. The number of nitrogens with zero attached hydrogens (tertiary/aromatic N) is 1. The molecule has 1 aromatic heterocycles. The van der Waals surface area contributed by atoms with Gasteiger partial charge >= 0.3 is 5.97 Å². The molecule has 2 aromatic rings. The van der Waals surface area contributed by atoms with Crippen LogP contribution in [0.2, 0.25) is 0 Å². The molecule has 0 unspecified atom stereocenters. The number of carbonyl (C=O) groups is 1. The summed E-state index contributed by atoms with van der Waals surface area (Å²) in [5.74, 6) is -0.403. The molecule has 2 rings (SSSR count). The molecule has 82 valence electrons. The first kappa shape index (κ1) is 10.9. The number of rotatable bonds is 2. The molecule has 1 N–H and O–H groups in total. The molecule has 0 radical (unpaired) electrons. The van der Waals surface area contributed by atoms with E-state index in [1.54, 1.807) is 19.2 Å². The van der Waals surface area contributed by atoms with Gasteiger partial charge in [0.2, 0.25) is 0 Å². The van der Waals surface area contributed by atoms with Crippen LogP contribution in [0, 0.1) is 0 Å². The molecule has 0 amide bonds. The molecular formula is C11H8BrNO3. The molecule has 5 heteroatoms. The maximum absolute atomic E-state index is 10.8. The van der Waals surface area contributed by atoms with E-state index in [1.165, 1.54) is 6.07 Å². The third-order valence-electron chi connectivity index (χ3n) is 2.19. The highest BCUT2D eigenvalue weighted by Crippen LogP contribution is 2.26. The topological polar surface area (TPSA) is 59.4 Å². The van der Waals surface area contributed by atoms with E-state index in [-0.39, 0.29) is 5.69 Å². The van der Waals surface area contributed by atoms with E-state index in [0.29, 0.717) is 15.7 Å². The van der Waals surface area contributed by atoms with E-state index in [0.717, 1.165) is 5.39 Å². The number of pyridine rings is 1. The number of hydrogen-bond acceptors (Lipinski definition) is 3. The first-order valence-corrected chi connectivity index (χ1v) is 5.28. The number of methoxy groups -OCH3 is 1. The highest BCUT2D eigenvalue weighted by molar-refractivity contribution is 9.10. The summed E-state index contributed by atoms with van der Waals surface area (Å²) in [6.45, 7) is 0.